The number of nitrogens with zero attached hydrogens (tertiary/aromatic N) is 1. The highest BCUT2D eigenvalue weighted by atomic mass is 16.5. The molecular weight excluding hydrogens is 392 g/mol. The minimum absolute atomic E-state index is 0.0122. The van der Waals surface area contributed by atoms with Crippen LogP contribution in [0.1, 0.15) is 24.4 Å². The number of likely N-dealkylation sites (tertiary alicyclic amines) is 1. The van der Waals surface area contributed by atoms with Crippen LogP contribution >= 0.6 is 0 Å². The number of amides is 3. The van der Waals surface area contributed by atoms with E-state index in [1.54, 1.807) is 19.2 Å². The maximum absolute atomic E-state index is 13.4. The Balaban J connectivity index is 1.43. The van der Waals surface area contributed by atoms with E-state index in [-0.39, 0.29) is 47.8 Å². The van der Waals surface area contributed by atoms with Crippen molar-refractivity contribution in [1.29, 1.82) is 0 Å². The molecule has 1 N–H and O–H groups in total. The Labute approximate surface area is 180 Å². The Morgan fingerprint density at radius 2 is 1.61 bits per heavy atom. The van der Waals surface area contributed by atoms with Gasteiger partial charge in [-0.25, -0.2) is 0 Å². The maximum atomic E-state index is 13.4. The standard InChI is InChI=1S/C25H24N2O4/c1-31-20-10-6-5-9-18(20)26-21(28)14-19(15-7-3-2-4-8-15)27-24(29)22-16-11-12-17(13-16)23(22)25(27)30/h2-12,16-17,19,22-23H,13-14H2,1H3,(H,26,28). The SMILES string of the molecule is COc1ccccc1NC(=O)CC(c1ccccc1)N1C(=O)C2C3C=CC(C3)C2C1=O. The van der Waals surface area contributed by atoms with Crippen LogP contribution in [0.5, 0.6) is 5.75 Å². The molecule has 0 aromatic heterocycles. The largest absolute Gasteiger partial charge is 0.495 e. The maximum Gasteiger partial charge on any atom is 0.234 e. The number of hydrogen-bond acceptors (Lipinski definition) is 4. The van der Waals surface area contributed by atoms with Crippen molar-refractivity contribution in [3.05, 3.63) is 72.3 Å². The lowest BCUT2D eigenvalue weighted by molar-refractivity contribution is -0.144. The Hall–Kier alpha value is -3.41. The van der Waals surface area contributed by atoms with Crippen LogP contribution in [0.25, 0.3) is 0 Å². The van der Waals surface area contributed by atoms with Crippen LogP contribution in [0.15, 0.2) is 66.7 Å². The zero-order valence-corrected chi connectivity index (χ0v) is 17.2. The number of hydrogen-bond donors (Lipinski definition) is 1. The molecule has 5 rings (SSSR count). The molecule has 5 unspecified atom stereocenters. The van der Waals surface area contributed by atoms with Crippen LogP contribution in [-0.4, -0.2) is 29.7 Å². The number of rotatable bonds is 6. The first-order valence-corrected chi connectivity index (χ1v) is 10.6. The molecule has 2 fully saturated rings. The lowest BCUT2D eigenvalue weighted by Crippen LogP contribution is -2.38. The first kappa shape index (κ1) is 19.5. The van der Waals surface area contributed by atoms with Gasteiger partial charge in [-0.15, -0.1) is 0 Å². The van der Waals surface area contributed by atoms with Gasteiger partial charge < -0.3 is 10.1 Å². The third kappa shape index (κ3) is 3.23. The summed E-state index contributed by atoms with van der Waals surface area (Å²) in [6, 6.07) is 15.8. The molecule has 3 amide bonds. The van der Waals surface area contributed by atoms with Gasteiger partial charge in [-0.1, -0.05) is 54.6 Å². The fraction of sp³-hybridized carbons (Fsp3) is 0.320. The molecule has 1 saturated heterocycles. The van der Waals surface area contributed by atoms with Gasteiger partial charge in [-0.3, -0.25) is 19.3 Å². The smallest absolute Gasteiger partial charge is 0.234 e. The Bertz CT molecular complexity index is 1030. The van der Waals surface area contributed by atoms with Gasteiger partial charge in [0.05, 0.1) is 37.1 Å². The van der Waals surface area contributed by atoms with E-state index in [0.29, 0.717) is 11.4 Å². The van der Waals surface area contributed by atoms with Crippen molar-refractivity contribution in [2.24, 2.45) is 23.7 Å². The molecule has 3 aliphatic rings. The molecule has 6 nitrogen and oxygen atoms in total. The lowest BCUT2D eigenvalue weighted by atomic mass is 9.85. The van der Waals surface area contributed by atoms with Crippen LogP contribution < -0.4 is 10.1 Å². The first-order valence-electron chi connectivity index (χ1n) is 10.6. The van der Waals surface area contributed by atoms with Gasteiger partial charge in [0.25, 0.3) is 0 Å². The average molecular weight is 416 g/mol. The van der Waals surface area contributed by atoms with Gasteiger partial charge in [0.2, 0.25) is 17.7 Å². The normalized spacial score (nSPS) is 26.8. The highest BCUT2D eigenvalue weighted by Gasteiger charge is 2.60. The van der Waals surface area contributed by atoms with Crippen LogP contribution in [0.2, 0.25) is 0 Å². The molecule has 2 aliphatic carbocycles. The number of nitrogens with one attached hydrogen (secondary N) is 1. The number of allylic oxidation sites excluding steroid dienone is 2. The Kier molecular flexibility index (Phi) is 4.85. The number of ether oxygens (including phenoxy) is 1. The minimum atomic E-state index is -0.638. The number of para-hydroxylation sites is 2. The van der Waals surface area contributed by atoms with Gasteiger partial charge in [0, 0.05) is 0 Å². The summed E-state index contributed by atoms with van der Waals surface area (Å²) in [6.45, 7) is 0. The van der Waals surface area contributed by atoms with Crippen molar-refractivity contribution in [1.82, 2.24) is 4.90 Å². The van der Waals surface area contributed by atoms with Gasteiger partial charge in [-0.05, 0) is 36.0 Å². The van der Waals surface area contributed by atoms with Crippen LogP contribution in [-0.2, 0) is 14.4 Å². The predicted octanol–water partition coefficient (Wildman–Crippen LogP) is 3.57. The quantitative estimate of drug-likeness (QED) is 0.577. The molecule has 158 valence electrons. The van der Waals surface area contributed by atoms with Crippen molar-refractivity contribution in [3.8, 4) is 5.75 Å². The van der Waals surface area contributed by atoms with Gasteiger partial charge in [0.15, 0.2) is 0 Å². The molecule has 31 heavy (non-hydrogen) atoms. The second-order valence-electron chi connectivity index (χ2n) is 8.43. The highest BCUT2D eigenvalue weighted by Crippen LogP contribution is 2.54. The molecule has 2 aromatic rings. The number of fused-ring (bicyclic) bond motifs is 5. The zero-order chi connectivity index (χ0) is 21.5. The van der Waals surface area contributed by atoms with E-state index in [2.05, 4.69) is 17.5 Å². The zero-order valence-electron chi connectivity index (χ0n) is 17.2. The van der Waals surface area contributed by atoms with Gasteiger partial charge in [0.1, 0.15) is 5.75 Å². The van der Waals surface area contributed by atoms with Crippen molar-refractivity contribution >= 4 is 23.4 Å². The number of carbonyl (C=O) groups is 3. The van der Waals surface area contributed by atoms with E-state index in [1.807, 2.05) is 42.5 Å². The molecule has 1 heterocycles. The van der Waals surface area contributed by atoms with Gasteiger partial charge in [-0.2, -0.15) is 0 Å². The Morgan fingerprint density at radius 1 is 1.00 bits per heavy atom. The fourth-order valence-electron chi connectivity index (χ4n) is 5.39. The summed E-state index contributed by atoms with van der Waals surface area (Å²) in [5.74, 6) is -0.325. The van der Waals surface area contributed by atoms with E-state index >= 15 is 0 Å². The third-order valence-electron chi connectivity index (χ3n) is 6.76. The highest BCUT2D eigenvalue weighted by molar-refractivity contribution is 6.07. The number of benzene rings is 2. The van der Waals surface area contributed by atoms with Crippen molar-refractivity contribution in [2.45, 2.75) is 18.9 Å². The average Bonchev–Trinajstić information content (AvgIpc) is 3.47. The lowest BCUT2D eigenvalue weighted by Gasteiger charge is -2.28. The van der Waals surface area contributed by atoms with Crippen LogP contribution in [0, 0.1) is 23.7 Å². The summed E-state index contributed by atoms with van der Waals surface area (Å²) < 4.78 is 5.31. The first-order chi connectivity index (χ1) is 15.1. The van der Waals surface area contributed by atoms with Crippen molar-refractivity contribution in [3.63, 3.8) is 0 Å². The molecule has 2 aromatic carbocycles. The number of anilines is 1. The molecule has 0 radical (unpaired) electrons. The summed E-state index contributed by atoms with van der Waals surface area (Å²) in [5, 5.41) is 2.87. The van der Waals surface area contributed by atoms with E-state index in [9.17, 15) is 14.4 Å². The molecule has 1 aliphatic heterocycles. The topological polar surface area (TPSA) is 75.7 Å². The molecule has 2 bridgehead atoms. The second kappa shape index (κ2) is 7.69. The van der Waals surface area contributed by atoms with E-state index < -0.39 is 6.04 Å². The summed E-state index contributed by atoms with van der Waals surface area (Å²) in [6.07, 6.45) is 5.02. The molecular formula is C25H24N2O4. The number of carbonyl (C=O) groups excluding carboxylic acids is 3. The monoisotopic (exact) mass is 416 g/mol. The van der Waals surface area contributed by atoms with Crippen LogP contribution in [0.4, 0.5) is 5.69 Å². The summed E-state index contributed by atoms with van der Waals surface area (Å²) in [5.41, 5.74) is 1.33. The third-order valence-corrected chi connectivity index (χ3v) is 6.76. The minimum Gasteiger partial charge on any atom is -0.495 e. The van der Waals surface area contributed by atoms with Crippen molar-refractivity contribution in [2.75, 3.05) is 12.4 Å². The molecule has 6 heteroatoms. The number of methoxy groups -OCH3 is 1. The fourth-order valence-corrected chi connectivity index (χ4v) is 5.39. The van der Waals surface area contributed by atoms with Crippen LogP contribution in [0.3, 0.4) is 0 Å². The van der Waals surface area contributed by atoms with E-state index in [0.717, 1.165) is 12.0 Å². The Morgan fingerprint density at radius 3 is 2.26 bits per heavy atom. The van der Waals surface area contributed by atoms with Gasteiger partial charge >= 0.3 is 0 Å². The predicted molar refractivity (Wildman–Crippen MR) is 115 cm³/mol. The summed E-state index contributed by atoms with van der Waals surface area (Å²) >= 11 is 0. The number of imide groups is 1. The molecule has 1 saturated carbocycles. The summed E-state index contributed by atoms with van der Waals surface area (Å²) in [4.78, 5) is 41.1. The van der Waals surface area contributed by atoms with E-state index in [1.165, 1.54) is 4.90 Å². The molecule has 0 spiro atoms. The van der Waals surface area contributed by atoms with Crippen molar-refractivity contribution < 1.29 is 19.1 Å². The summed E-state index contributed by atoms with van der Waals surface area (Å²) in [7, 11) is 1.54. The second-order valence-corrected chi connectivity index (χ2v) is 8.43. The van der Waals surface area contributed by atoms with E-state index in [4.69, 9.17) is 4.74 Å². The molecule has 5 atom stereocenters.